The lowest BCUT2D eigenvalue weighted by Gasteiger charge is -2.24. The van der Waals surface area contributed by atoms with Crippen LogP contribution in [0.15, 0.2) is 0 Å². The molecule has 6 nitrogen and oxygen atoms in total. The number of aliphatic hydroxyl groups is 1. The number of rotatable bonds is 14. The predicted octanol–water partition coefficient (Wildman–Crippen LogP) is -0.432. The predicted molar refractivity (Wildman–Crippen MR) is 75.6 cm³/mol. The second-order valence-electron chi connectivity index (χ2n) is 4.49. The van der Waals surface area contributed by atoms with Crippen LogP contribution in [0, 0.1) is 0 Å². The van der Waals surface area contributed by atoms with Crippen LogP contribution >= 0.6 is 0 Å². The maximum atomic E-state index is 9.96. The van der Waals surface area contributed by atoms with Crippen molar-refractivity contribution < 1.29 is 19.3 Å². The highest BCUT2D eigenvalue weighted by Gasteiger charge is 2.11. The molecule has 0 bridgehead atoms. The zero-order chi connectivity index (χ0) is 14.3. The van der Waals surface area contributed by atoms with Crippen LogP contribution in [0.25, 0.3) is 0 Å². The standard InChI is InChI=1S/C13H30N2O4/c1-17-8-4-6-15(7-10-19-3)12-13(16)11-14-5-9-18-2/h13-14,16H,4-12H2,1-3H3. The number of nitrogens with one attached hydrogen (secondary N) is 1. The van der Waals surface area contributed by atoms with E-state index in [1.165, 1.54) is 0 Å². The van der Waals surface area contributed by atoms with Gasteiger partial charge in [-0.15, -0.1) is 0 Å². The molecule has 116 valence electrons. The molecule has 0 spiro atoms. The lowest BCUT2D eigenvalue weighted by molar-refractivity contribution is 0.0803. The molecule has 0 aromatic carbocycles. The maximum Gasteiger partial charge on any atom is 0.0791 e. The van der Waals surface area contributed by atoms with Crippen molar-refractivity contribution in [3.8, 4) is 0 Å². The van der Waals surface area contributed by atoms with Gasteiger partial charge in [-0.05, 0) is 6.42 Å². The van der Waals surface area contributed by atoms with Crippen molar-refractivity contribution in [2.75, 3.05) is 73.9 Å². The molecule has 0 aliphatic carbocycles. The van der Waals surface area contributed by atoms with E-state index in [4.69, 9.17) is 14.2 Å². The van der Waals surface area contributed by atoms with Crippen molar-refractivity contribution in [1.29, 1.82) is 0 Å². The van der Waals surface area contributed by atoms with E-state index in [0.717, 1.165) is 32.7 Å². The Morgan fingerprint density at radius 1 is 1.00 bits per heavy atom. The van der Waals surface area contributed by atoms with Crippen LogP contribution in [0.2, 0.25) is 0 Å². The van der Waals surface area contributed by atoms with E-state index in [2.05, 4.69) is 10.2 Å². The second-order valence-corrected chi connectivity index (χ2v) is 4.49. The van der Waals surface area contributed by atoms with E-state index in [1.807, 2.05) is 0 Å². The molecule has 6 heteroatoms. The molecule has 0 saturated carbocycles. The van der Waals surface area contributed by atoms with E-state index >= 15 is 0 Å². The minimum atomic E-state index is -0.378. The van der Waals surface area contributed by atoms with Gasteiger partial charge < -0.3 is 24.6 Å². The summed E-state index contributed by atoms with van der Waals surface area (Å²) in [7, 11) is 5.06. The highest BCUT2D eigenvalue weighted by atomic mass is 16.5. The highest BCUT2D eigenvalue weighted by Crippen LogP contribution is 1.96. The van der Waals surface area contributed by atoms with Gasteiger partial charge in [-0.2, -0.15) is 0 Å². The number of nitrogens with zero attached hydrogens (tertiary/aromatic N) is 1. The molecule has 0 saturated heterocycles. The van der Waals surface area contributed by atoms with E-state index in [1.54, 1.807) is 21.3 Å². The Labute approximate surface area is 117 Å². The van der Waals surface area contributed by atoms with Crippen molar-refractivity contribution in [2.45, 2.75) is 12.5 Å². The molecular formula is C13H30N2O4. The fourth-order valence-electron chi connectivity index (χ4n) is 1.75. The molecule has 0 aromatic rings. The van der Waals surface area contributed by atoms with Crippen LogP contribution in [-0.4, -0.2) is 90.0 Å². The van der Waals surface area contributed by atoms with Crippen molar-refractivity contribution in [1.82, 2.24) is 10.2 Å². The van der Waals surface area contributed by atoms with Crippen LogP contribution in [0.4, 0.5) is 0 Å². The third-order valence-electron chi connectivity index (χ3n) is 2.77. The molecule has 0 aromatic heterocycles. The number of ether oxygens (including phenoxy) is 3. The molecule has 0 aliphatic heterocycles. The fourth-order valence-corrected chi connectivity index (χ4v) is 1.75. The Bertz CT molecular complexity index is 184. The summed E-state index contributed by atoms with van der Waals surface area (Å²) in [4.78, 5) is 2.20. The summed E-state index contributed by atoms with van der Waals surface area (Å²) in [5.41, 5.74) is 0. The summed E-state index contributed by atoms with van der Waals surface area (Å²) in [6.45, 7) is 5.80. The van der Waals surface area contributed by atoms with Gasteiger partial charge >= 0.3 is 0 Å². The molecule has 2 N–H and O–H groups in total. The first-order valence-electron chi connectivity index (χ1n) is 6.82. The molecule has 0 fully saturated rings. The second kappa shape index (κ2) is 14.2. The lowest BCUT2D eigenvalue weighted by atomic mass is 10.3. The molecule has 0 heterocycles. The van der Waals surface area contributed by atoms with Gasteiger partial charge in [0.1, 0.15) is 0 Å². The van der Waals surface area contributed by atoms with Crippen molar-refractivity contribution in [2.24, 2.45) is 0 Å². The van der Waals surface area contributed by atoms with Gasteiger partial charge in [0.05, 0.1) is 19.3 Å². The van der Waals surface area contributed by atoms with Crippen LogP contribution in [0.1, 0.15) is 6.42 Å². The van der Waals surface area contributed by atoms with E-state index in [-0.39, 0.29) is 6.10 Å². The number of hydrogen-bond acceptors (Lipinski definition) is 6. The summed E-state index contributed by atoms with van der Waals surface area (Å²) in [5, 5.41) is 13.1. The topological polar surface area (TPSA) is 63.2 Å². The van der Waals surface area contributed by atoms with Gasteiger partial charge in [-0.3, -0.25) is 4.90 Å². The summed E-state index contributed by atoms with van der Waals surface area (Å²) < 4.78 is 15.1. The van der Waals surface area contributed by atoms with Crippen molar-refractivity contribution in [3.05, 3.63) is 0 Å². The summed E-state index contributed by atoms with van der Waals surface area (Å²) in [5.74, 6) is 0. The van der Waals surface area contributed by atoms with Gasteiger partial charge in [0, 0.05) is 60.7 Å². The molecular weight excluding hydrogens is 248 g/mol. The van der Waals surface area contributed by atoms with E-state index < -0.39 is 0 Å². The Kier molecular flexibility index (Phi) is 14.0. The van der Waals surface area contributed by atoms with Gasteiger partial charge in [0.15, 0.2) is 0 Å². The zero-order valence-electron chi connectivity index (χ0n) is 12.6. The molecule has 0 rings (SSSR count). The molecule has 0 radical (unpaired) electrons. The number of aliphatic hydroxyl groups excluding tert-OH is 1. The van der Waals surface area contributed by atoms with Crippen LogP contribution < -0.4 is 5.32 Å². The first-order valence-corrected chi connectivity index (χ1v) is 6.82. The average Bonchev–Trinajstić information content (AvgIpc) is 2.41. The molecule has 1 unspecified atom stereocenters. The van der Waals surface area contributed by atoms with Gasteiger partial charge in [-0.1, -0.05) is 0 Å². The number of hydrogen-bond donors (Lipinski definition) is 2. The summed E-state index contributed by atoms with van der Waals surface area (Å²) in [6, 6.07) is 0. The Morgan fingerprint density at radius 2 is 1.68 bits per heavy atom. The van der Waals surface area contributed by atoms with Crippen LogP contribution in [0.5, 0.6) is 0 Å². The average molecular weight is 278 g/mol. The lowest BCUT2D eigenvalue weighted by Crippen LogP contribution is -2.41. The maximum absolute atomic E-state index is 9.96. The van der Waals surface area contributed by atoms with Crippen LogP contribution in [-0.2, 0) is 14.2 Å². The minimum Gasteiger partial charge on any atom is -0.390 e. The largest absolute Gasteiger partial charge is 0.390 e. The van der Waals surface area contributed by atoms with Crippen molar-refractivity contribution in [3.63, 3.8) is 0 Å². The fraction of sp³-hybridized carbons (Fsp3) is 1.00. The number of methoxy groups -OCH3 is 3. The SMILES string of the molecule is COCCCN(CCOC)CC(O)CNCCOC. The monoisotopic (exact) mass is 278 g/mol. The first-order chi connectivity index (χ1) is 9.24. The third-order valence-corrected chi connectivity index (χ3v) is 2.77. The molecule has 0 amide bonds. The molecule has 19 heavy (non-hydrogen) atoms. The Morgan fingerprint density at radius 3 is 2.32 bits per heavy atom. The summed E-state index contributed by atoms with van der Waals surface area (Å²) in [6.07, 6.45) is 0.584. The summed E-state index contributed by atoms with van der Waals surface area (Å²) >= 11 is 0. The molecule has 0 aliphatic rings. The quantitative estimate of drug-likeness (QED) is 0.420. The highest BCUT2D eigenvalue weighted by molar-refractivity contribution is 4.67. The van der Waals surface area contributed by atoms with E-state index in [0.29, 0.717) is 26.3 Å². The Balaban J connectivity index is 3.79. The minimum absolute atomic E-state index is 0.378. The van der Waals surface area contributed by atoms with Crippen molar-refractivity contribution >= 4 is 0 Å². The van der Waals surface area contributed by atoms with Gasteiger partial charge in [-0.25, -0.2) is 0 Å². The van der Waals surface area contributed by atoms with Gasteiger partial charge in [0.25, 0.3) is 0 Å². The van der Waals surface area contributed by atoms with Crippen LogP contribution in [0.3, 0.4) is 0 Å². The van der Waals surface area contributed by atoms with Gasteiger partial charge in [0.2, 0.25) is 0 Å². The zero-order valence-corrected chi connectivity index (χ0v) is 12.6. The van der Waals surface area contributed by atoms with E-state index in [9.17, 15) is 5.11 Å². The molecule has 1 atom stereocenters. The first kappa shape index (κ1) is 18.8. The smallest absolute Gasteiger partial charge is 0.0791 e. The normalized spacial score (nSPS) is 13.1. The Hall–Kier alpha value is -0.240. The third kappa shape index (κ3) is 12.5.